The lowest BCUT2D eigenvalue weighted by Gasteiger charge is -2.22. The second-order valence-electron chi connectivity index (χ2n) is 9.67. The second kappa shape index (κ2) is 11.0. The first-order valence-electron chi connectivity index (χ1n) is 12.1. The van der Waals surface area contributed by atoms with Crippen molar-refractivity contribution in [3.63, 3.8) is 0 Å². The van der Waals surface area contributed by atoms with E-state index in [1.54, 1.807) is 0 Å². The number of nitrogens with zero attached hydrogens (tertiary/aromatic N) is 3. The Morgan fingerprint density at radius 2 is 1.85 bits per heavy atom. The van der Waals surface area contributed by atoms with Crippen molar-refractivity contribution < 1.29 is 26.3 Å². The fourth-order valence-electron chi connectivity index (χ4n) is 4.73. The molecule has 212 valence electrons. The Morgan fingerprint density at radius 1 is 1.13 bits per heavy atom. The predicted octanol–water partition coefficient (Wildman–Crippen LogP) is 3.22. The van der Waals surface area contributed by atoms with Crippen LogP contribution in [0.5, 0.6) is 5.75 Å². The van der Waals surface area contributed by atoms with Crippen LogP contribution in [-0.2, 0) is 22.9 Å². The van der Waals surface area contributed by atoms with E-state index >= 15 is 0 Å². The topological polar surface area (TPSA) is 105 Å². The summed E-state index contributed by atoms with van der Waals surface area (Å²) in [5.41, 5.74) is -1.44. The second-order valence-corrected chi connectivity index (χ2v) is 12.4. The highest BCUT2D eigenvalue weighted by Gasteiger charge is 2.33. The molecule has 1 aliphatic heterocycles. The third kappa shape index (κ3) is 6.48. The molecule has 1 aromatic heterocycles. The summed E-state index contributed by atoms with van der Waals surface area (Å²) in [5.74, 6) is -0.770. The summed E-state index contributed by atoms with van der Waals surface area (Å²) >= 11 is 6.05. The minimum absolute atomic E-state index is 0.0432. The van der Waals surface area contributed by atoms with Crippen molar-refractivity contribution in [2.75, 3.05) is 32.9 Å². The lowest BCUT2D eigenvalue weighted by atomic mass is 10.1. The summed E-state index contributed by atoms with van der Waals surface area (Å²) in [6.45, 7) is 2.41. The third-order valence-electron chi connectivity index (χ3n) is 6.83. The number of sulfone groups is 1. The smallest absolute Gasteiger partial charge is 0.405 e. The lowest BCUT2D eigenvalue weighted by Crippen LogP contribution is -2.36. The third-order valence-corrected chi connectivity index (χ3v) is 8.89. The van der Waals surface area contributed by atoms with Crippen molar-refractivity contribution in [3.8, 4) is 5.75 Å². The monoisotopic (exact) mass is 588 g/mol. The average Bonchev–Trinajstić information content (AvgIpc) is 3.31. The fraction of sp³-hybridized carbons (Fsp3) is 0.440. The Kier molecular flexibility index (Phi) is 8.18. The van der Waals surface area contributed by atoms with Crippen LogP contribution in [0.4, 0.5) is 13.2 Å². The number of hydrogen-bond donors (Lipinski definition) is 1. The number of nitrogens with one attached hydrogen (secondary N) is 1. The molecule has 39 heavy (non-hydrogen) atoms. The molecule has 0 aliphatic carbocycles. The molecule has 1 N–H and O–H groups in total. The normalized spacial score (nSPS) is 16.9. The van der Waals surface area contributed by atoms with Crippen LogP contribution in [0, 0.1) is 0 Å². The number of likely N-dealkylation sites (tertiary alicyclic amines) is 1. The maximum atomic E-state index is 13.4. The van der Waals surface area contributed by atoms with E-state index in [1.807, 2.05) is 23.9 Å². The summed E-state index contributed by atoms with van der Waals surface area (Å²) in [4.78, 5) is 32.8. The number of rotatable bonds is 8. The van der Waals surface area contributed by atoms with Crippen LogP contribution in [0.25, 0.3) is 10.9 Å². The molecule has 0 saturated carbocycles. The summed E-state index contributed by atoms with van der Waals surface area (Å²) in [5, 5.41) is -0.0265. The van der Waals surface area contributed by atoms with E-state index in [1.165, 1.54) is 31.2 Å². The zero-order chi connectivity index (χ0) is 28.7. The standard InChI is InChI=1S/C25H28ClF3N4O5S/c1-4-39(36,37)22-6-5-17(26)9-16(22)13-33-23(34)19-11-21(38-25(27,28)29)15(10-20(19)30-24(33)35)12-32-8-7-18(14-32)31(2)3/h5-6,9-11,18H,4,7-8,12-14H2,1-3H3,(H,30,35)/t18-/m1/s1. The molecular weight excluding hydrogens is 561 g/mol. The summed E-state index contributed by atoms with van der Waals surface area (Å²) < 4.78 is 70.1. The maximum absolute atomic E-state index is 13.4. The Balaban J connectivity index is 1.80. The van der Waals surface area contributed by atoms with Crippen molar-refractivity contribution >= 4 is 32.3 Å². The quantitative estimate of drug-likeness (QED) is 0.431. The largest absolute Gasteiger partial charge is 0.573 e. The van der Waals surface area contributed by atoms with Gasteiger partial charge in [-0.25, -0.2) is 13.2 Å². The molecule has 1 saturated heterocycles. The van der Waals surface area contributed by atoms with Gasteiger partial charge in [0.2, 0.25) is 0 Å². The van der Waals surface area contributed by atoms with E-state index in [0.29, 0.717) is 13.1 Å². The summed E-state index contributed by atoms with van der Waals surface area (Å²) in [7, 11) is 0.139. The van der Waals surface area contributed by atoms with Crippen LogP contribution in [-0.4, -0.2) is 73.1 Å². The van der Waals surface area contributed by atoms with E-state index in [0.717, 1.165) is 17.1 Å². The van der Waals surface area contributed by atoms with E-state index in [9.17, 15) is 31.2 Å². The van der Waals surface area contributed by atoms with E-state index in [4.69, 9.17) is 11.6 Å². The van der Waals surface area contributed by atoms with Crippen LogP contribution in [0.15, 0.2) is 44.8 Å². The molecule has 2 aromatic carbocycles. The number of halogens is 4. The number of fused-ring (bicyclic) bond motifs is 1. The van der Waals surface area contributed by atoms with Gasteiger partial charge in [0.1, 0.15) is 5.75 Å². The number of aromatic amines is 1. The minimum atomic E-state index is -5.01. The molecule has 0 unspecified atom stereocenters. The Bertz CT molecular complexity index is 1620. The molecule has 0 bridgehead atoms. The van der Waals surface area contributed by atoms with E-state index < -0.39 is 39.7 Å². The number of hydrogen-bond acceptors (Lipinski definition) is 7. The maximum Gasteiger partial charge on any atom is 0.573 e. The molecule has 4 rings (SSSR count). The molecule has 1 atom stereocenters. The van der Waals surface area contributed by atoms with Crippen LogP contribution < -0.4 is 16.0 Å². The first kappa shape index (κ1) is 29.1. The van der Waals surface area contributed by atoms with Crippen LogP contribution in [0.3, 0.4) is 0 Å². The Labute approximate surface area is 227 Å². The van der Waals surface area contributed by atoms with Crippen LogP contribution in [0.1, 0.15) is 24.5 Å². The van der Waals surface area contributed by atoms with Gasteiger partial charge in [0, 0.05) is 36.3 Å². The summed E-state index contributed by atoms with van der Waals surface area (Å²) in [6.07, 6.45) is -4.16. The Morgan fingerprint density at radius 3 is 2.46 bits per heavy atom. The van der Waals surface area contributed by atoms with E-state index in [-0.39, 0.29) is 50.3 Å². The first-order chi connectivity index (χ1) is 18.2. The van der Waals surface area contributed by atoms with Crippen molar-refractivity contribution in [3.05, 3.63) is 67.3 Å². The number of benzene rings is 2. The van der Waals surface area contributed by atoms with Crippen molar-refractivity contribution in [1.82, 2.24) is 19.4 Å². The van der Waals surface area contributed by atoms with Crippen molar-refractivity contribution in [2.45, 2.75) is 43.7 Å². The predicted molar refractivity (Wildman–Crippen MR) is 141 cm³/mol. The van der Waals surface area contributed by atoms with Gasteiger partial charge in [0.15, 0.2) is 9.84 Å². The van der Waals surface area contributed by atoms with Crippen molar-refractivity contribution in [2.24, 2.45) is 0 Å². The molecular formula is C25H28ClF3N4O5S. The molecule has 0 amide bonds. The number of ether oxygens (including phenoxy) is 1. The van der Waals surface area contributed by atoms with Crippen molar-refractivity contribution in [1.29, 1.82) is 0 Å². The van der Waals surface area contributed by atoms with Gasteiger partial charge in [-0.3, -0.25) is 14.3 Å². The zero-order valence-corrected chi connectivity index (χ0v) is 23.1. The van der Waals surface area contributed by atoms with Gasteiger partial charge in [-0.05, 0) is 56.4 Å². The molecule has 2 heterocycles. The van der Waals surface area contributed by atoms with Gasteiger partial charge < -0.3 is 14.6 Å². The van der Waals surface area contributed by atoms with Gasteiger partial charge in [0.05, 0.1) is 28.1 Å². The van der Waals surface area contributed by atoms with Gasteiger partial charge in [-0.15, -0.1) is 13.2 Å². The highest BCUT2D eigenvalue weighted by Crippen LogP contribution is 2.31. The minimum Gasteiger partial charge on any atom is -0.405 e. The van der Waals surface area contributed by atoms with Crippen LogP contribution >= 0.6 is 11.6 Å². The molecule has 9 nitrogen and oxygen atoms in total. The number of likely N-dealkylation sites (N-methyl/N-ethyl adjacent to an activating group) is 1. The SMILES string of the molecule is CCS(=O)(=O)c1ccc(Cl)cc1Cn1c(=O)[nH]c2cc(CN3CC[C@@H](N(C)C)C3)c(OC(F)(F)F)cc2c1=O. The highest BCUT2D eigenvalue weighted by molar-refractivity contribution is 7.91. The Hall–Kier alpha value is -2.87. The number of H-pyrrole nitrogens is 1. The molecule has 1 aliphatic rings. The van der Waals surface area contributed by atoms with Crippen LogP contribution in [0.2, 0.25) is 5.02 Å². The van der Waals surface area contributed by atoms with Gasteiger partial charge in [-0.1, -0.05) is 18.5 Å². The number of aromatic nitrogens is 2. The first-order valence-corrected chi connectivity index (χ1v) is 14.2. The fourth-order valence-corrected chi connectivity index (χ4v) is 6.04. The summed E-state index contributed by atoms with van der Waals surface area (Å²) in [6, 6.07) is 6.53. The zero-order valence-electron chi connectivity index (χ0n) is 21.5. The molecule has 14 heteroatoms. The molecule has 0 radical (unpaired) electrons. The lowest BCUT2D eigenvalue weighted by molar-refractivity contribution is -0.274. The van der Waals surface area contributed by atoms with Gasteiger partial charge >= 0.3 is 12.1 Å². The molecule has 1 fully saturated rings. The molecule has 0 spiro atoms. The average molecular weight is 589 g/mol. The van der Waals surface area contributed by atoms with Gasteiger partial charge in [0.25, 0.3) is 5.56 Å². The van der Waals surface area contributed by atoms with E-state index in [2.05, 4.69) is 9.72 Å². The molecule has 3 aromatic rings. The van der Waals surface area contributed by atoms with Gasteiger partial charge in [-0.2, -0.15) is 0 Å². The highest BCUT2D eigenvalue weighted by atomic mass is 35.5. The number of alkyl halides is 3.